The number of hydrogen-bond donors (Lipinski definition) is 2. The summed E-state index contributed by atoms with van der Waals surface area (Å²) in [5.74, 6) is 1.36. The molecule has 1 aliphatic rings. The van der Waals surface area contributed by atoms with Gasteiger partial charge < -0.3 is 10.3 Å². The third-order valence-electron chi connectivity index (χ3n) is 3.23. The van der Waals surface area contributed by atoms with E-state index < -0.39 is 0 Å². The van der Waals surface area contributed by atoms with E-state index in [1.807, 2.05) is 0 Å². The van der Waals surface area contributed by atoms with Crippen LogP contribution in [0.1, 0.15) is 22.6 Å². The lowest BCUT2D eigenvalue weighted by Gasteiger charge is -2.06. The normalized spacial score (nSPS) is 13.1. The van der Waals surface area contributed by atoms with E-state index in [1.54, 1.807) is 17.0 Å². The number of imidazole rings is 1. The van der Waals surface area contributed by atoms with Crippen LogP contribution >= 0.6 is 11.8 Å². The molecular weight excluding hydrogens is 290 g/mol. The zero-order valence-electron chi connectivity index (χ0n) is 11.3. The number of nitrogens with one attached hydrogen (secondary N) is 2. The molecule has 0 saturated heterocycles. The van der Waals surface area contributed by atoms with Gasteiger partial charge in [0.25, 0.3) is 11.5 Å². The summed E-state index contributed by atoms with van der Waals surface area (Å²) in [5, 5.41) is 3.44. The van der Waals surface area contributed by atoms with Crippen molar-refractivity contribution in [3.05, 3.63) is 40.3 Å². The highest BCUT2D eigenvalue weighted by Gasteiger charge is 2.19. The predicted octanol–water partition coefficient (Wildman–Crippen LogP) is 0.435. The van der Waals surface area contributed by atoms with Crippen molar-refractivity contribution in [3.63, 3.8) is 0 Å². The monoisotopic (exact) mass is 305 g/mol. The molecule has 3 rings (SSSR count). The van der Waals surface area contributed by atoms with Gasteiger partial charge in [0.2, 0.25) is 0 Å². The van der Waals surface area contributed by atoms with Crippen molar-refractivity contribution in [3.8, 4) is 0 Å². The first kappa shape index (κ1) is 13.9. The van der Waals surface area contributed by atoms with Crippen molar-refractivity contribution in [2.24, 2.45) is 0 Å². The van der Waals surface area contributed by atoms with Gasteiger partial charge in [-0.25, -0.2) is 9.97 Å². The number of carbonyl (C=O) groups is 1. The summed E-state index contributed by atoms with van der Waals surface area (Å²) in [5.41, 5.74) is -0.146. The van der Waals surface area contributed by atoms with Crippen LogP contribution in [0.15, 0.2) is 28.5 Å². The molecule has 21 heavy (non-hydrogen) atoms. The molecule has 0 radical (unpaired) electrons. The molecule has 2 N–H and O–H groups in total. The molecule has 2 aromatic heterocycles. The van der Waals surface area contributed by atoms with Crippen LogP contribution < -0.4 is 10.9 Å². The fourth-order valence-corrected chi connectivity index (χ4v) is 3.07. The van der Waals surface area contributed by atoms with E-state index >= 15 is 0 Å². The minimum atomic E-state index is -0.362. The van der Waals surface area contributed by atoms with Gasteiger partial charge in [-0.05, 0) is 6.42 Å². The van der Waals surface area contributed by atoms with E-state index in [1.165, 1.54) is 18.0 Å². The average molecular weight is 305 g/mol. The Morgan fingerprint density at radius 3 is 3.19 bits per heavy atom. The van der Waals surface area contributed by atoms with Crippen molar-refractivity contribution >= 4 is 17.7 Å². The minimum absolute atomic E-state index is 0.110. The molecule has 0 bridgehead atoms. The second-order valence-corrected chi connectivity index (χ2v) is 5.72. The number of thioether (sulfide) groups is 1. The highest BCUT2D eigenvalue weighted by molar-refractivity contribution is 7.99. The lowest BCUT2D eigenvalue weighted by molar-refractivity contribution is 0.0950. The number of rotatable bonds is 5. The topological polar surface area (TPSA) is 92.7 Å². The van der Waals surface area contributed by atoms with Gasteiger partial charge in [-0.3, -0.25) is 14.2 Å². The van der Waals surface area contributed by atoms with Crippen LogP contribution in [0.25, 0.3) is 0 Å². The van der Waals surface area contributed by atoms with Crippen LogP contribution in [0.2, 0.25) is 0 Å². The van der Waals surface area contributed by atoms with Crippen molar-refractivity contribution in [1.82, 2.24) is 24.8 Å². The Balaban J connectivity index is 1.57. The Labute approximate surface area is 125 Å². The molecule has 0 atom stereocenters. The third-order valence-corrected chi connectivity index (χ3v) is 4.20. The number of fused-ring (bicyclic) bond motifs is 1. The summed E-state index contributed by atoms with van der Waals surface area (Å²) in [7, 11) is 0. The second-order valence-electron chi connectivity index (χ2n) is 4.66. The number of aromatic amines is 1. The molecule has 0 aromatic carbocycles. The maximum atomic E-state index is 12.2. The van der Waals surface area contributed by atoms with E-state index in [0.717, 1.165) is 24.4 Å². The minimum Gasteiger partial charge on any atom is -0.352 e. The largest absolute Gasteiger partial charge is 0.352 e. The molecule has 0 saturated carbocycles. The maximum absolute atomic E-state index is 12.2. The summed E-state index contributed by atoms with van der Waals surface area (Å²) >= 11 is 1.53. The van der Waals surface area contributed by atoms with Crippen LogP contribution in [-0.4, -0.2) is 37.7 Å². The molecular formula is C13H15N5O2S. The number of amides is 1. The molecule has 1 aliphatic heterocycles. The van der Waals surface area contributed by atoms with Crippen LogP contribution in [0.3, 0.4) is 0 Å². The second kappa shape index (κ2) is 6.13. The van der Waals surface area contributed by atoms with Gasteiger partial charge in [0.1, 0.15) is 11.4 Å². The number of aryl methyl sites for hydroxylation is 1. The van der Waals surface area contributed by atoms with E-state index in [-0.39, 0.29) is 17.0 Å². The smallest absolute Gasteiger partial charge is 0.267 e. The predicted molar refractivity (Wildman–Crippen MR) is 78.5 cm³/mol. The quantitative estimate of drug-likeness (QED) is 0.617. The lowest BCUT2D eigenvalue weighted by Crippen LogP contribution is -2.34. The Kier molecular flexibility index (Phi) is 4.05. The number of carbonyl (C=O) groups excluding carboxylic acids is 1. The van der Waals surface area contributed by atoms with E-state index in [9.17, 15) is 9.59 Å². The Hall–Kier alpha value is -2.09. The van der Waals surface area contributed by atoms with E-state index in [0.29, 0.717) is 18.2 Å². The van der Waals surface area contributed by atoms with Crippen LogP contribution in [-0.2, 0) is 13.0 Å². The first-order valence-corrected chi connectivity index (χ1v) is 7.73. The highest BCUT2D eigenvalue weighted by Crippen LogP contribution is 2.20. The van der Waals surface area contributed by atoms with Gasteiger partial charge >= 0.3 is 0 Å². The molecule has 8 heteroatoms. The van der Waals surface area contributed by atoms with E-state index in [2.05, 4.69) is 20.3 Å². The molecule has 0 unspecified atom stereocenters. The Bertz CT molecular complexity index is 695. The molecule has 110 valence electrons. The van der Waals surface area contributed by atoms with Crippen molar-refractivity contribution in [1.29, 1.82) is 0 Å². The maximum Gasteiger partial charge on any atom is 0.267 e. The van der Waals surface area contributed by atoms with E-state index in [4.69, 9.17) is 0 Å². The molecule has 3 heterocycles. The fraction of sp³-hybridized carbons (Fsp3) is 0.385. The fourth-order valence-electron chi connectivity index (χ4n) is 2.16. The number of aromatic nitrogens is 4. The van der Waals surface area contributed by atoms with Crippen molar-refractivity contribution in [2.75, 3.05) is 12.3 Å². The molecule has 2 aromatic rings. The highest BCUT2D eigenvalue weighted by atomic mass is 32.2. The molecule has 0 aliphatic carbocycles. The van der Waals surface area contributed by atoms with Crippen LogP contribution in [0.5, 0.6) is 0 Å². The van der Waals surface area contributed by atoms with Crippen LogP contribution in [0.4, 0.5) is 0 Å². The van der Waals surface area contributed by atoms with Crippen molar-refractivity contribution in [2.45, 2.75) is 24.5 Å². The zero-order valence-corrected chi connectivity index (χ0v) is 12.2. The standard InChI is InChI=1S/C13H15N5O2S/c19-11(16-3-1-2-10-14-4-5-15-10)9-8-17-13-18(12(9)20)6-7-21-13/h4-5,8H,1-3,6-7H2,(H,14,15)(H,16,19). The number of H-pyrrole nitrogens is 1. The Morgan fingerprint density at radius 2 is 2.38 bits per heavy atom. The van der Waals surface area contributed by atoms with Gasteiger partial charge in [0, 0.05) is 43.9 Å². The molecule has 0 spiro atoms. The first-order chi connectivity index (χ1) is 10.3. The third kappa shape index (κ3) is 2.99. The summed E-state index contributed by atoms with van der Waals surface area (Å²) in [4.78, 5) is 35.5. The summed E-state index contributed by atoms with van der Waals surface area (Å²) in [6.45, 7) is 1.11. The summed E-state index contributed by atoms with van der Waals surface area (Å²) < 4.78 is 1.56. The van der Waals surface area contributed by atoms with Crippen molar-refractivity contribution < 1.29 is 4.79 Å². The Morgan fingerprint density at radius 1 is 1.48 bits per heavy atom. The first-order valence-electron chi connectivity index (χ1n) is 6.75. The zero-order chi connectivity index (χ0) is 14.7. The van der Waals surface area contributed by atoms with Crippen LogP contribution in [0, 0.1) is 0 Å². The summed E-state index contributed by atoms with van der Waals surface area (Å²) in [6.07, 6.45) is 6.35. The lowest BCUT2D eigenvalue weighted by atomic mass is 10.2. The van der Waals surface area contributed by atoms with Gasteiger partial charge in [0.15, 0.2) is 5.16 Å². The molecule has 0 fully saturated rings. The molecule has 1 amide bonds. The van der Waals surface area contributed by atoms with Gasteiger partial charge in [-0.15, -0.1) is 0 Å². The SMILES string of the molecule is O=C(NCCCc1ncc[nH]1)c1cnc2n(c1=O)CCS2. The molecule has 7 nitrogen and oxygen atoms in total. The van der Waals surface area contributed by atoms with Gasteiger partial charge in [-0.1, -0.05) is 11.8 Å². The number of hydrogen-bond acceptors (Lipinski definition) is 5. The van der Waals surface area contributed by atoms with Gasteiger partial charge in [-0.2, -0.15) is 0 Å². The van der Waals surface area contributed by atoms with Gasteiger partial charge in [0.05, 0.1) is 0 Å². The number of nitrogens with zero attached hydrogens (tertiary/aromatic N) is 3. The summed E-state index contributed by atoms with van der Waals surface area (Å²) in [6, 6.07) is 0. The average Bonchev–Trinajstić information content (AvgIpc) is 3.15.